The summed E-state index contributed by atoms with van der Waals surface area (Å²) in [6, 6.07) is 4.93. The van der Waals surface area contributed by atoms with Gasteiger partial charge in [-0.05, 0) is 60.2 Å². The third-order valence-electron chi connectivity index (χ3n) is 3.37. The maximum atomic E-state index is 13.6. The van der Waals surface area contributed by atoms with Gasteiger partial charge in [-0.2, -0.15) is 0 Å². The molecule has 0 aromatic heterocycles. The quantitative estimate of drug-likeness (QED) is 0.820. The summed E-state index contributed by atoms with van der Waals surface area (Å²) in [7, 11) is 0. The van der Waals surface area contributed by atoms with Gasteiger partial charge in [-0.1, -0.05) is 6.92 Å². The minimum Gasteiger partial charge on any atom is -0.334 e. The number of halogens is 2. The Morgan fingerprint density at radius 1 is 1.58 bits per heavy atom. The summed E-state index contributed by atoms with van der Waals surface area (Å²) in [5, 5.41) is 3.27. The van der Waals surface area contributed by atoms with Gasteiger partial charge in [-0.25, -0.2) is 4.39 Å². The minimum atomic E-state index is -0.326. The van der Waals surface area contributed by atoms with Gasteiger partial charge in [0.1, 0.15) is 5.82 Å². The summed E-state index contributed by atoms with van der Waals surface area (Å²) in [5.41, 5.74) is 0.443. The molecule has 1 aromatic rings. The Labute approximate surface area is 126 Å². The van der Waals surface area contributed by atoms with E-state index in [4.69, 9.17) is 0 Å². The molecule has 0 aliphatic carbocycles. The molecule has 0 radical (unpaired) electrons. The fourth-order valence-corrected chi connectivity index (χ4v) is 2.73. The summed E-state index contributed by atoms with van der Waals surface area (Å²) in [6.45, 7) is 4.55. The van der Waals surface area contributed by atoms with Gasteiger partial charge in [-0.15, -0.1) is 0 Å². The van der Waals surface area contributed by atoms with Crippen LogP contribution in [0.1, 0.15) is 30.1 Å². The van der Waals surface area contributed by atoms with Gasteiger partial charge in [0.15, 0.2) is 0 Å². The highest BCUT2D eigenvalue weighted by molar-refractivity contribution is 14.1. The van der Waals surface area contributed by atoms with Crippen LogP contribution in [0.4, 0.5) is 4.39 Å². The van der Waals surface area contributed by atoms with Crippen molar-refractivity contribution in [3.8, 4) is 0 Å². The minimum absolute atomic E-state index is 0.0640. The molecule has 1 amide bonds. The molecule has 1 atom stereocenters. The number of nitrogens with one attached hydrogen (secondary N) is 1. The van der Waals surface area contributed by atoms with Crippen molar-refractivity contribution in [3.63, 3.8) is 0 Å². The van der Waals surface area contributed by atoms with Crippen LogP contribution in [0.15, 0.2) is 18.2 Å². The maximum absolute atomic E-state index is 13.6. The third-order valence-corrected chi connectivity index (χ3v) is 4.24. The smallest absolute Gasteiger partial charge is 0.254 e. The Morgan fingerprint density at radius 2 is 2.37 bits per heavy atom. The summed E-state index contributed by atoms with van der Waals surface area (Å²) < 4.78 is 14.1. The molecule has 1 unspecified atom stereocenters. The van der Waals surface area contributed by atoms with Crippen molar-refractivity contribution in [2.24, 2.45) is 0 Å². The molecule has 1 aliphatic heterocycles. The van der Waals surface area contributed by atoms with Crippen molar-refractivity contribution >= 4 is 28.5 Å². The van der Waals surface area contributed by atoms with E-state index in [1.165, 1.54) is 6.07 Å². The predicted molar refractivity (Wildman–Crippen MR) is 81.7 cm³/mol. The van der Waals surface area contributed by atoms with Crippen molar-refractivity contribution < 1.29 is 9.18 Å². The normalized spacial score (nSPS) is 18.6. The lowest BCUT2D eigenvalue weighted by Crippen LogP contribution is -2.42. The fraction of sp³-hybridized carbons (Fsp3) is 0.500. The number of hydrogen-bond acceptors (Lipinski definition) is 2. The summed E-state index contributed by atoms with van der Waals surface area (Å²) >= 11 is 1.93. The second kappa shape index (κ2) is 6.65. The topological polar surface area (TPSA) is 32.3 Å². The lowest BCUT2D eigenvalue weighted by Gasteiger charge is -2.28. The zero-order valence-electron chi connectivity index (χ0n) is 11.0. The lowest BCUT2D eigenvalue weighted by molar-refractivity contribution is 0.0691. The van der Waals surface area contributed by atoms with Gasteiger partial charge in [0.2, 0.25) is 0 Å². The first-order valence-corrected chi connectivity index (χ1v) is 7.68. The predicted octanol–water partition coefficient (Wildman–Crippen LogP) is 2.64. The molecule has 1 N–H and O–H groups in total. The molecule has 1 aliphatic rings. The van der Waals surface area contributed by atoms with Crippen molar-refractivity contribution in [1.82, 2.24) is 10.2 Å². The zero-order chi connectivity index (χ0) is 13.8. The molecular formula is C14H18FIN2O. The number of nitrogens with zero attached hydrogens (tertiary/aromatic N) is 1. The van der Waals surface area contributed by atoms with Crippen molar-refractivity contribution in [1.29, 1.82) is 0 Å². The number of carbonyl (C=O) groups excluding carboxylic acids is 1. The Hall–Kier alpha value is -0.690. The van der Waals surface area contributed by atoms with Crippen LogP contribution in [0.3, 0.4) is 0 Å². The number of benzene rings is 1. The van der Waals surface area contributed by atoms with Gasteiger partial charge < -0.3 is 10.2 Å². The molecule has 1 heterocycles. The first-order chi connectivity index (χ1) is 9.13. The van der Waals surface area contributed by atoms with Crippen LogP contribution >= 0.6 is 22.6 Å². The molecule has 0 spiro atoms. The van der Waals surface area contributed by atoms with Crippen LogP contribution in [0.5, 0.6) is 0 Å². The van der Waals surface area contributed by atoms with Crippen LogP contribution in [0.25, 0.3) is 0 Å². The molecule has 19 heavy (non-hydrogen) atoms. The highest BCUT2D eigenvalue weighted by Gasteiger charge is 2.26. The lowest BCUT2D eigenvalue weighted by atomic mass is 10.1. The van der Waals surface area contributed by atoms with E-state index in [1.807, 2.05) is 27.5 Å². The Kier molecular flexibility index (Phi) is 5.15. The Bertz CT molecular complexity index is 461. The number of rotatable bonds is 4. The first kappa shape index (κ1) is 14.7. The van der Waals surface area contributed by atoms with Crippen LogP contribution < -0.4 is 5.32 Å². The average Bonchev–Trinajstić information content (AvgIpc) is 2.92. The van der Waals surface area contributed by atoms with E-state index in [1.54, 1.807) is 12.1 Å². The third kappa shape index (κ3) is 3.45. The maximum Gasteiger partial charge on any atom is 0.254 e. The van der Waals surface area contributed by atoms with E-state index in [2.05, 4.69) is 12.2 Å². The second-order valence-electron chi connectivity index (χ2n) is 4.77. The second-order valence-corrected chi connectivity index (χ2v) is 5.94. The van der Waals surface area contributed by atoms with E-state index in [-0.39, 0.29) is 17.8 Å². The van der Waals surface area contributed by atoms with Crippen molar-refractivity contribution in [2.45, 2.75) is 25.8 Å². The summed E-state index contributed by atoms with van der Waals surface area (Å²) in [6.07, 6.45) is 1.88. The summed E-state index contributed by atoms with van der Waals surface area (Å²) in [5.74, 6) is -0.390. The first-order valence-electron chi connectivity index (χ1n) is 6.60. The summed E-state index contributed by atoms with van der Waals surface area (Å²) in [4.78, 5) is 14.4. The number of carbonyl (C=O) groups is 1. The van der Waals surface area contributed by atoms with E-state index < -0.39 is 0 Å². The van der Waals surface area contributed by atoms with E-state index >= 15 is 0 Å². The van der Waals surface area contributed by atoms with Gasteiger partial charge >= 0.3 is 0 Å². The van der Waals surface area contributed by atoms with E-state index in [0.29, 0.717) is 9.13 Å². The molecular weight excluding hydrogens is 358 g/mol. The van der Waals surface area contributed by atoms with Gasteiger partial charge in [-0.3, -0.25) is 4.79 Å². The molecule has 104 valence electrons. The SMILES string of the molecule is CCCN(C(=O)c1ccc(I)c(F)c1)C1CCNC1. The largest absolute Gasteiger partial charge is 0.334 e. The van der Waals surface area contributed by atoms with E-state index in [0.717, 1.165) is 32.5 Å². The Morgan fingerprint density at radius 3 is 2.95 bits per heavy atom. The average molecular weight is 376 g/mol. The zero-order valence-corrected chi connectivity index (χ0v) is 13.1. The van der Waals surface area contributed by atoms with Crippen molar-refractivity contribution in [2.75, 3.05) is 19.6 Å². The van der Waals surface area contributed by atoms with Gasteiger partial charge in [0, 0.05) is 28.3 Å². The molecule has 1 saturated heterocycles. The van der Waals surface area contributed by atoms with Gasteiger partial charge in [0.25, 0.3) is 5.91 Å². The molecule has 0 bridgehead atoms. The standard InChI is InChI=1S/C14H18FIN2O/c1-2-7-18(11-5-6-17-9-11)14(19)10-3-4-13(16)12(15)8-10/h3-4,8,11,17H,2,5-7,9H2,1H3. The molecule has 2 rings (SSSR count). The van der Waals surface area contributed by atoms with Gasteiger partial charge in [0.05, 0.1) is 0 Å². The Balaban J connectivity index is 2.20. The van der Waals surface area contributed by atoms with Crippen molar-refractivity contribution in [3.05, 3.63) is 33.1 Å². The molecule has 1 aromatic carbocycles. The van der Waals surface area contributed by atoms with Crippen LogP contribution in [0, 0.1) is 9.39 Å². The molecule has 3 nitrogen and oxygen atoms in total. The van der Waals surface area contributed by atoms with Crippen LogP contribution in [-0.2, 0) is 0 Å². The highest BCUT2D eigenvalue weighted by Crippen LogP contribution is 2.17. The molecule has 0 saturated carbocycles. The number of hydrogen-bond donors (Lipinski definition) is 1. The van der Waals surface area contributed by atoms with E-state index in [9.17, 15) is 9.18 Å². The van der Waals surface area contributed by atoms with Crippen LogP contribution in [-0.4, -0.2) is 36.5 Å². The highest BCUT2D eigenvalue weighted by atomic mass is 127. The molecule has 1 fully saturated rings. The van der Waals surface area contributed by atoms with Crippen LogP contribution in [0.2, 0.25) is 0 Å². The monoisotopic (exact) mass is 376 g/mol. The number of amides is 1. The molecule has 5 heteroatoms. The fourth-order valence-electron chi connectivity index (χ4n) is 2.39.